The van der Waals surface area contributed by atoms with E-state index in [1.54, 1.807) is 10.5 Å². The normalized spacial score (nSPS) is 18.6. The molecule has 3 aromatic rings. The van der Waals surface area contributed by atoms with Gasteiger partial charge in [0.25, 0.3) is 0 Å². The van der Waals surface area contributed by atoms with Crippen molar-refractivity contribution in [3.05, 3.63) is 51.6 Å². The Morgan fingerprint density at radius 3 is 2.40 bits per heavy atom. The van der Waals surface area contributed by atoms with Gasteiger partial charge in [0.1, 0.15) is 5.75 Å². The molecular formula is C24H29Cl2N5O3S. The van der Waals surface area contributed by atoms with E-state index in [1.165, 1.54) is 0 Å². The van der Waals surface area contributed by atoms with Gasteiger partial charge >= 0.3 is 0 Å². The molecule has 1 aliphatic heterocycles. The molecule has 2 fully saturated rings. The van der Waals surface area contributed by atoms with Gasteiger partial charge in [-0.3, -0.25) is 14.0 Å². The third-order valence-electron chi connectivity index (χ3n) is 6.87. The number of nitrogens with zero attached hydrogens (tertiary/aromatic N) is 4. The predicted octanol–water partition coefficient (Wildman–Crippen LogP) is 5.14. The van der Waals surface area contributed by atoms with E-state index in [2.05, 4.69) is 26.7 Å². The van der Waals surface area contributed by atoms with Crippen molar-refractivity contribution >= 4 is 44.8 Å². The molecule has 2 aliphatic rings. The number of piperidine rings is 1. The number of anilines is 1. The number of fused-ring (bicyclic) bond motifs is 1. The van der Waals surface area contributed by atoms with Crippen LogP contribution in [0.25, 0.3) is 5.65 Å². The summed E-state index contributed by atoms with van der Waals surface area (Å²) in [6.45, 7) is 4.81. The minimum atomic E-state index is -3.45. The molecule has 0 unspecified atom stereocenters. The fourth-order valence-electron chi connectivity index (χ4n) is 4.74. The summed E-state index contributed by atoms with van der Waals surface area (Å²) in [7, 11) is -3.45. The summed E-state index contributed by atoms with van der Waals surface area (Å²) < 4.78 is 33.8. The molecule has 0 amide bonds. The molecule has 0 bridgehead atoms. The lowest BCUT2D eigenvalue weighted by Crippen LogP contribution is -2.37. The SMILES string of the molecule is C[C@@H](c1cc(Cl)cc(Cl)c1)N1CCC(COc2cc3nnc(NS(C)(=O)=O)n3cc2C2CC2)CC1. The van der Waals surface area contributed by atoms with Gasteiger partial charge in [-0.15, -0.1) is 10.2 Å². The highest BCUT2D eigenvalue weighted by Gasteiger charge is 2.30. The number of sulfonamides is 1. The molecule has 5 rings (SSSR count). The topological polar surface area (TPSA) is 88.8 Å². The third-order valence-corrected chi connectivity index (χ3v) is 7.86. The molecule has 11 heteroatoms. The first kappa shape index (κ1) is 24.6. The number of ether oxygens (including phenoxy) is 1. The van der Waals surface area contributed by atoms with Gasteiger partial charge in [0, 0.05) is 33.9 Å². The molecule has 3 heterocycles. The fourth-order valence-corrected chi connectivity index (χ4v) is 5.75. The van der Waals surface area contributed by atoms with Gasteiger partial charge in [-0.05, 0) is 81.3 Å². The summed E-state index contributed by atoms with van der Waals surface area (Å²) in [6.07, 6.45) is 7.31. The number of hydrogen-bond donors (Lipinski definition) is 1. The molecular weight excluding hydrogens is 509 g/mol. The molecule has 2 aromatic heterocycles. The highest BCUT2D eigenvalue weighted by Crippen LogP contribution is 2.45. The molecule has 0 spiro atoms. The summed E-state index contributed by atoms with van der Waals surface area (Å²) >= 11 is 12.4. The van der Waals surface area contributed by atoms with Gasteiger partial charge in [-0.1, -0.05) is 23.2 Å². The van der Waals surface area contributed by atoms with Crippen LogP contribution in [0.3, 0.4) is 0 Å². The van der Waals surface area contributed by atoms with E-state index in [-0.39, 0.29) is 12.0 Å². The first-order chi connectivity index (χ1) is 16.7. The number of aromatic nitrogens is 3. The molecule has 1 N–H and O–H groups in total. The Morgan fingerprint density at radius 1 is 1.09 bits per heavy atom. The Hall–Kier alpha value is -2.07. The number of hydrogen-bond acceptors (Lipinski definition) is 6. The van der Waals surface area contributed by atoms with Crippen LogP contribution < -0.4 is 9.46 Å². The zero-order valence-corrected chi connectivity index (χ0v) is 22.1. The van der Waals surface area contributed by atoms with Crippen LogP contribution in [0.15, 0.2) is 30.5 Å². The fraction of sp³-hybridized carbons (Fsp3) is 0.500. The third kappa shape index (κ3) is 5.85. The van der Waals surface area contributed by atoms with Crippen LogP contribution in [0.4, 0.5) is 5.95 Å². The van der Waals surface area contributed by atoms with Gasteiger partial charge < -0.3 is 4.74 Å². The van der Waals surface area contributed by atoms with Gasteiger partial charge in [-0.2, -0.15) is 0 Å². The number of halogens is 2. The van der Waals surface area contributed by atoms with E-state index in [9.17, 15) is 8.42 Å². The molecule has 8 nitrogen and oxygen atoms in total. The largest absolute Gasteiger partial charge is 0.493 e. The van der Waals surface area contributed by atoms with Crippen LogP contribution in [0, 0.1) is 5.92 Å². The average molecular weight is 539 g/mol. The minimum absolute atomic E-state index is 0.193. The molecule has 1 aliphatic carbocycles. The Labute approximate surface area is 215 Å². The van der Waals surface area contributed by atoms with Crippen LogP contribution in [0.5, 0.6) is 5.75 Å². The zero-order chi connectivity index (χ0) is 24.7. The lowest BCUT2D eigenvalue weighted by atomic mass is 9.95. The van der Waals surface area contributed by atoms with E-state index < -0.39 is 10.0 Å². The van der Waals surface area contributed by atoms with Crippen molar-refractivity contribution in [2.24, 2.45) is 5.92 Å². The van der Waals surface area contributed by atoms with Crippen molar-refractivity contribution in [2.75, 3.05) is 30.7 Å². The Morgan fingerprint density at radius 2 is 1.77 bits per heavy atom. The standard InChI is InChI=1S/C24H29Cl2N5O3S/c1-15(18-9-19(25)11-20(26)10-18)30-7-5-16(6-8-30)14-34-22-12-23-27-28-24(29-35(2,32)33)31(23)13-21(22)17-3-4-17/h9-13,15-17H,3-8,14H2,1-2H3,(H,28,29)/t15-/m0/s1. The first-order valence-electron chi connectivity index (χ1n) is 11.9. The highest BCUT2D eigenvalue weighted by molar-refractivity contribution is 7.92. The second kappa shape index (κ2) is 9.76. The van der Waals surface area contributed by atoms with E-state index >= 15 is 0 Å². The average Bonchev–Trinajstić information content (AvgIpc) is 3.58. The Balaban J connectivity index is 1.23. The van der Waals surface area contributed by atoms with Crippen LogP contribution in [-0.2, 0) is 10.0 Å². The van der Waals surface area contributed by atoms with Gasteiger partial charge in [-0.25, -0.2) is 8.42 Å². The highest BCUT2D eigenvalue weighted by atomic mass is 35.5. The second-order valence-electron chi connectivity index (χ2n) is 9.66. The van der Waals surface area contributed by atoms with Crippen LogP contribution in [0.1, 0.15) is 55.7 Å². The van der Waals surface area contributed by atoms with Crippen molar-refractivity contribution in [3.8, 4) is 5.75 Å². The molecule has 1 saturated carbocycles. The van der Waals surface area contributed by atoms with Gasteiger partial charge in [0.2, 0.25) is 16.0 Å². The quantitative estimate of drug-likeness (QED) is 0.428. The zero-order valence-electron chi connectivity index (χ0n) is 19.7. The molecule has 1 aromatic carbocycles. The minimum Gasteiger partial charge on any atom is -0.493 e. The molecule has 1 atom stereocenters. The van der Waals surface area contributed by atoms with Crippen LogP contribution in [-0.4, -0.2) is 53.9 Å². The first-order valence-corrected chi connectivity index (χ1v) is 14.5. The van der Waals surface area contributed by atoms with Gasteiger partial charge in [0.15, 0.2) is 5.65 Å². The van der Waals surface area contributed by atoms with Crippen molar-refractivity contribution in [2.45, 2.75) is 44.6 Å². The number of likely N-dealkylation sites (tertiary alicyclic amines) is 1. The number of nitrogens with one attached hydrogen (secondary N) is 1. The maximum atomic E-state index is 11.7. The van der Waals surface area contributed by atoms with Crippen molar-refractivity contribution in [1.82, 2.24) is 19.5 Å². The number of pyridine rings is 1. The smallest absolute Gasteiger partial charge is 0.242 e. The summed E-state index contributed by atoms with van der Waals surface area (Å²) in [4.78, 5) is 2.46. The van der Waals surface area contributed by atoms with E-state index in [0.717, 1.165) is 61.9 Å². The van der Waals surface area contributed by atoms with Crippen molar-refractivity contribution in [3.63, 3.8) is 0 Å². The monoisotopic (exact) mass is 537 g/mol. The predicted molar refractivity (Wildman–Crippen MR) is 138 cm³/mol. The van der Waals surface area contributed by atoms with E-state index in [0.29, 0.717) is 34.1 Å². The summed E-state index contributed by atoms with van der Waals surface area (Å²) in [5.41, 5.74) is 2.77. The molecule has 1 saturated heterocycles. The van der Waals surface area contributed by atoms with Crippen molar-refractivity contribution < 1.29 is 13.2 Å². The summed E-state index contributed by atoms with van der Waals surface area (Å²) in [5, 5.41) is 9.46. The second-order valence-corrected chi connectivity index (χ2v) is 12.3. The lowest BCUT2D eigenvalue weighted by molar-refractivity contribution is 0.113. The van der Waals surface area contributed by atoms with E-state index in [1.807, 2.05) is 24.4 Å². The summed E-state index contributed by atoms with van der Waals surface area (Å²) in [6, 6.07) is 7.86. The molecule has 0 radical (unpaired) electrons. The van der Waals surface area contributed by atoms with E-state index in [4.69, 9.17) is 27.9 Å². The molecule has 188 valence electrons. The number of benzene rings is 1. The van der Waals surface area contributed by atoms with Crippen LogP contribution >= 0.6 is 23.2 Å². The van der Waals surface area contributed by atoms with Crippen molar-refractivity contribution in [1.29, 1.82) is 0 Å². The number of rotatable bonds is 8. The maximum absolute atomic E-state index is 11.7. The summed E-state index contributed by atoms with van der Waals surface area (Å²) in [5.74, 6) is 1.90. The Kier molecular flexibility index (Phi) is 6.87. The Bertz CT molecular complexity index is 1310. The lowest BCUT2D eigenvalue weighted by Gasteiger charge is -2.36. The van der Waals surface area contributed by atoms with Crippen LogP contribution in [0.2, 0.25) is 10.0 Å². The molecule has 35 heavy (non-hydrogen) atoms. The van der Waals surface area contributed by atoms with Gasteiger partial charge in [0.05, 0.1) is 12.9 Å². The maximum Gasteiger partial charge on any atom is 0.242 e.